The second kappa shape index (κ2) is 10.1. The highest BCUT2D eigenvalue weighted by molar-refractivity contribution is 7.15. The van der Waals surface area contributed by atoms with Gasteiger partial charge in [-0.25, -0.2) is 9.97 Å². The molecule has 0 radical (unpaired) electrons. The summed E-state index contributed by atoms with van der Waals surface area (Å²) in [7, 11) is 1.55. The Bertz CT molecular complexity index is 1420. The minimum absolute atomic E-state index is 0.242. The van der Waals surface area contributed by atoms with E-state index < -0.39 is 0 Å². The lowest BCUT2D eigenvalue weighted by molar-refractivity contribution is 0.102. The van der Waals surface area contributed by atoms with E-state index in [-0.39, 0.29) is 17.7 Å². The van der Waals surface area contributed by atoms with E-state index >= 15 is 0 Å². The molecule has 1 amide bonds. The van der Waals surface area contributed by atoms with Gasteiger partial charge < -0.3 is 15.2 Å². The predicted molar refractivity (Wildman–Crippen MR) is 141 cm³/mol. The number of hydrogen-bond acceptors (Lipinski definition) is 8. The molecule has 36 heavy (non-hydrogen) atoms. The van der Waals surface area contributed by atoms with Crippen LogP contribution in [0.1, 0.15) is 33.0 Å². The number of aromatic hydroxyl groups is 1. The lowest BCUT2D eigenvalue weighted by Crippen LogP contribution is -2.26. The Morgan fingerprint density at radius 2 is 1.97 bits per heavy atom. The Kier molecular flexibility index (Phi) is 6.75. The molecule has 10 heteroatoms. The Morgan fingerprint density at radius 3 is 2.75 bits per heavy atom. The van der Waals surface area contributed by atoms with E-state index in [9.17, 15) is 9.90 Å². The minimum atomic E-state index is -0.308. The van der Waals surface area contributed by atoms with E-state index in [1.54, 1.807) is 31.5 Å². The maximum atomic E-state index is 13.3. The molecule has 0 fully saturated rings. The fourth-order valence-corrected chi connectivity index (χ4v) is 5.50. The summed E-state index contributed by atoms with van der Waals surface area (Å²) in [5.41, 5.74) is 4.44. The molecule has 5 rings (SSSR count). The Morgan fingerprint density at radius 1 is 1.17 bits per heavy atom. The number of hydrogen-bond donors (Lipinski definition) is 3. The minimum Gasteiger partial charge on any atom is -0.508 e. The molecule has 0 saturated heterocycles. The summed E-state index contributed by atoms with van der Waals surface area (Å²) in [6.45, 7) is 1.86. The van der Waals surface area contributed by atoms with E-state index in [2.05, 4.69) is 25.6 Å². The third kappa shape index (κ3) is 5.12. The summed E-state index contributed by atoms with van der Waals surface area (Å²) in [4.78, 5) is 27.6. The van der Waals surface area contributed by atoms with Crippen molar-refractivity contribution < 1.29 is 14.6 Å². The van der Waals surface area contributed by atoms with E-state index in [4.69, 9.17) is 16.3 Å². The molecular weight excluding hydrogens is 498 g/mol. The first kappa shape index (κ1) is 24.0. The average Bonchev–Trinajstić information content (AvgIpc) is 3.26. The van der Waals surface area contributed by atoms with Gasteiger partial charge in [0.25, 0.3) is 5.91 Å². The number of aryl methyl sites for hydroxylation is 2. The van der Waals surface area contributed by atoms with Crippen LogP contribution in [0, 0.1) is 6.92 Å². The van der Waals surface area contributed by atoms with Gasteiger partial charge in [-0.1, -0.05) is 11.6 Å². The van der Waals surface area contributed by atoms with Crippen molar-refractivity contribution in [3.05, 3.63) is 75.8 Å². The number of benzene rings is 1. The topological polar surface area (TPSA) is 109 Å². The fourth-order valence-electron chi connectivity index (χ4n) is 4.26. The number of phenolic OH excluding ortho intramolecular Hbond substituents is 1. The first-order valence-corrected chi connectivity index (χ1v) is 12.6. The van der Waals surface area contributed by atoms with Crippen LogP contribution in [0.3, 0.4) is 0 Å². The van der Waals surface area contributed by atoms with E-state index in [1.165, 1.54) is 17.5 Å². The number of thiazole rings is 1. The van der Waals surface area contributed by atoms with E-state index in [1.807, 2.05) is 25.1 Å². The zero-order valence-electron chi connectivity index (χ0n) is 19.7. The molecule has 3 aromatic heterocycles. The predicted octanol–water partition coefficient (Wildman–Crippen LogP) is 5.50. The highest BCUT2D eigenvalue weighted by Gasteiger charge is 2.24. The van der Waals surface area contributed by atoms with Gasteiger partial charge >= 0.3 is 0 Å². The van der Waals surface area contributed by atoms with Crippen LogP contribution in [0.5, 0.6) is 11.5 Å². The summed E-state index contributed by atoms with van der Waals surface area (Å²) in [5.74, 6) is 0.444. The second-order valence-corrected chi connectivity index (χ2v) is 10.0. The van der Waals surface area contributed by atoms with Crippen LogP contribution in [0.2, 0.25) is 5.15 Å². The van der Waals surface area contributed by atoms with Gasteiger partial charge in [0.2, 0.25) is 0 Å². The van der Waals surface area contributed by atoms with Crippen LogP contribution in [0.25, 0.3) is 11.1 Å². The second-order valence-electron chi connectivity index (χ2n) is 8.55. The monoisotopic (exact) mass is 521 g/mol. The van der Waals surface area contributed by atoms with Gasteiger partial charge in [-0.3, -0.25) is 15.1 Å². The number of pyridine rings is 2. The highest BCUT2D eigenvalue weighted by Crippen LogP contribution is 2.35. The normalized spacial score (nSPS) is 14.7. The Hall–Kier alpha value is -3.69. The van der Waals surface area contributed by atoms with Crippen LogP contribution in [0.15, 0.2) is 48.8 Å². The van der Waals surface area contributed by atoms with Crippen molar-refractivity contribution in [2.45, 2.75) is 32.2 Å². The lowest BCUT2D eigenvalue weighted by atomic mass is 9.97. The average molecular weight is 522 g/mol. The highest BCUT2D eigenvalue weighted by atomic mass is 35.5. The van der Waals surface area contributed by atoms with Crippen LogP contribution >= 0.6 is 22.9 Å². The molecule has 1 unspecified atom stereocenters. The number of methoxy groups -OCH3 is 1. The number of anilines is 2. The van der Waals surface area contributed by atoms with Crippen LogP contribution in [0.4, 0.5) is 10.8 Å². The molecule has 3 N–H and O–H groups in total. The summed E-state index contributed by atoms with van der Waals surface area (Å²) in [6.07, 6.45) is 5.65. The lowest BCUT2D eigenvalue weighted by Gasteiger charge is -2.23. The number of amides is 1. The first-order valence-electron chi connectivity index (χ1n) is 11.4. The zero-order valence-corrected chi connectivity index (χ0v) is 21.3. The molecule has 4 aromatic rings. The molecule has 1 atom stereocenters. The number of fused-ring (bicyclic) bond motifs is 1. The quantitative estimate of drug-likeness (QED) is 0.227. The van der Waals surface area contributed by atoms with Crippen molar-refractivity contribution in [2.24, 2.45) is 0 Å². The fraction of sp³-hybridized carbons (Fsp3) is 0.231. The summed E-state index contributed by atoms with van der Waals surface area (Å²) >= 11 is 7.64. The molecule has 0 aliphatic heterocycles. The number of rotatable bonds is 6. The molecular formula is C26H24ClN5O3S. The van der Waals surface area contributed by atoms with Gasteiger partial charge in [-0.15, -0.1) is 11.3 Å². The van der Waals surface area contributed by atoms with Crippen molar-refractivity contribution in [1.82, 2.24) is 15.0 Å². The van der Waals surface area contributed by atoms with Gasteiger partial charge in [0.15, 0.2) is 5.13 Å². The molecule has 3 heterocycles. The smallest absolute Gasteiger partial charge is 0.259 e. The zero-order chi connectivity index (χ0) is 25.2. The maximum absolute atomic E-state index is 13.3. The van der Waals surface area contributed by atoms with Crippen molar-refractivity contribution in [1.29, 1.82) is 0 Å². The molecule has 0 spiro atoms. The van der Waals surface area contributed by atoms with Gasteiger partial charge in [0.1, 0.15) is 16.7 Å². The number of carbonyl (C=O) groups excluding carboxylic acids is 1. The summed E-state index contributed by atoms with van der Waals surface area (Å²) in [6, 6.07) is 10.8. The standard InChI is InChI=1S/C26H24ClN5O3S/c1-14-9-18(19-11-24(27)29-13-22(19)35-2)20(12-28-14)25(34)32-26-31-21-8-5-16(10-23(21)36-26)30-15-3-6-17(33)7-4-15/h3-4,6-7,9,11-13,16,30,33H,5,8,10H2,1-2H3,(H,31,32,34). The third-order valence-electron chi connectivity index (χ3n) is 6.03. The van der Waals surface area contributed by atoms with Crippen molar-refractivity contribution in [2.75, 3.05) is 17.7 Å². The molecule has 1 aromatic carbocycles. The van der Waals surface area contributed by atoms with Gasteiger partial charge in [-0.05, 0) is 56.2 Å². The van der Waals surface area contributed by atoms with Gasteiger partial charge in [0.05, 0.1) is 24.6 Å². The number of nitrogens with zero attached hydrogens (tertiary/aromatic N) is 3. The van der Waals surface area contributed by atoms with E-state index in [0.717, 1.165) is 41.2 Å². The molecule has 8 nitrogen and oxygen atoms in total. The summed E-state index contributed by atoms with van der Waals surface area (Å²) < 4.78 is 5.46. The largest absolute Gasteiger partial charge is 0.508 e. The number of phenols is 1. The molecule has 184 valence electrons. The van der Waals surface area contributed by atoms with Gasteiger partial charge in [-0.2, -0.15) is 0 Å². The molecule has 0 bridgehead atoms. The van der Waals surface area contributed by atoms with Crippen LogP contribution < -0.4 is 15.4 Å². The SMILES string of the molecule is COc1cnc(Cl)cc1-c1cc(C)ncc1C(=O)Nc1nc2c(s1)CC(Nc1ccc(O)cc1)CC2. The Balaban J connectivity index is 1.35. The van der Waals surface area contributed by atoms with Gasteiger partial charge in [0, 0.05) is 46.0 Å². The molecule has 1 aliphatic rings. The summed E-state index contributed by atoms with van der Waals surface area (Å²) in [5, 5.41) is 16.8. The molecule has 0 saturated carbocycles. The number of nitrogens with one attached hydrogen (secondary N) is 2. The number of halogens is 1. The maximum Gasteiger partial charge on any atom is 0.259 e. The van der Waals surface area contributed by atoms with Crippen LogP contribution in [-0.2, 0) is 12.8 Å². The van der Waals surface area contributed by atoms with Crippen molar-refractivity contribution >= 4 is 39.7 Å². The number of aromatic nitrogens is 3. The first-order chi connectivity index (χ1) is 17.4. The van der Waals surface area contributed by atoms with Crippen molar-refractivity contribution in [3.8, 4) is 22.6 Å². The molecule has 1 aliphatic carbocycles. The number of ether oxygens (including phenoxy) is 1. The third-order valence-corrected chi connectivity index (χ3v) is 7.27. The van der Waals surface area contributed by atoms with Crippen LogP contribution in [-0.4, -0.2) is 39.1 Å². The van der Waals surface area contributed by atoms with Crippen molar-refractivity contribution in [3.63, 3.8) is 0 Å². The number of carbonyl (C=O) groups is 1. The Labute approximate surface area is 217 Å². The van der Waals surface area contributed by atoms with E-state index in [0.29, 0.717) is 32.7 Å².